The fourth-order valence-corrected chi connectivity index (χ4v) is 2.16. The van der Waals surface area contributed by atoms with Crippen LogP contribution < -0.4 is 10.1 Å². The van der Waals surface area contributed by atoms with Gasteiger partial charge in [0.05, 0.1) is 0 Å². The standard InChI is InChI=1S/C17H27NO3/c1-7-18-17(6,15(19)20)11-21-14-9-8-12(2)10-13(14)16(3,4)5/h8-10,18H,7,11H2,1-6H3,(H,19,20). The first-order valence-corrected chi connectivity index (χ1v) is 7.32. The van der Waals surface area contributed by atoms with Gasteiger partial charge in [-0.2, -0.15) is 0 Å². The highest BCUT2D eigenvalue weighted by Gasteiger charge is 2.33. The normalized spacial score (nSPS) is 14.6. The summed E-state index contributed by atoms with van der Waals surface area (Å²) in [4.78, 5) is 11.4. The average Bonchev–Trinajstić information content (AvgIpc) is 2.36. The van der Waals surface area contributed by atoms with Crippen molar-refractivity contribution in [3.8, 4) is 5.75 Å². The average molecular weight is 293 g/mol. The van der Waals surface area contributed by atoms with Crippen molar-refractivity contribution in [2.24, 2.45) is 0 Å². The molecule has 1 atom stereocenters. The van der Waals surface area contributed by atoms with E-state index in [2.05, 4.69) is 32.2 Å². The Kier molecular flexibility index (Phi) is 5.40. The van der Waals surface area contributed by atoms with Gasteiger partial charge in [0.2, 0.25) is 0 Å². The van der Waals surface area contributed by atoms with Gasteiger partial charge in [-0.3, -0.25) is 10.1 Å². The molecule has 21 heavy (non-hydrogen) atoms. The highest BCUT2D eigenvalue weighted by molar-refractivity contribution is 5.78. The molecule has 0 radical (unpaired) electrons. The van der Waals surface area contributed by atoms with Crippen molar-refractivity contribution in [2.45, 2.75) is 52.5 Å². The number of carboxylic acid groups (broad SMARTS) is 1. The van der Waals surface area contributed by atoms with E-state index < -0.39 is 11.5 Å². The van der Waals surface area contributed by atoms with Crippen LogP contribution in [0.3, 0.4) is 0 Å². The number of hydrogen-bond donors (Lipinski definition) is 2. The summed E-state index contributed by atoms with van der Waals surface area (Å²) in [5.41, 5.74) is 1.11. The minimum Gasteiger partial charge on any atom is -0.491 e. The van der Waals surface area contributed by atoms with E-state index in [4.69, 9.17) is 4.74 Å². The van der Waals surface area contributed by atoms with Crippen LogP contribution in [-0.2, 0) is 10.2 Å². The Balaban J connectivity index is 3.01. The quantitative estimate of drug-likeness (QED) is 0.846. The second kappa shape index (κ2) is 6.48. The van der Waals surface area contributed by atoms with Crippen molar-refractivity contribution in [3.05, 3.63) is 29.3 Å². The van der Waals surface area contributed by atoms with Crippen LogP contribution in [-0.4, -0.2) is 29.8 Å². The fourth-order valence-electron chi connectivity index (χ4n) is 2.16. The van der Waals surface area contributed by atoms with Gasteiger partial charge in [-0.15, -0.1) is 0 Å². The number of likely N-dealkylation sites (N-methyl/N-ethyl adjacent to an activating group) is 1. The maximum Gasteiger partial charge on any atom is 0.327 e. The van der Waals surface area contributed by atoms with Gasteiger partial charge in [-0.25, -0.2) is 0 Å². The van der Waals surface area contributed by atoms with Crippen LogP contribution in [0.15, 0.2) is 18.2 Å². The van der Waals surface area contributed by atoms with Crippen molar-refractivity contribution < 1.29 is 14.6 Å². The van der Waals surface area contributed by atoms with E-state index in [1.165, 1.54) is 5.56 Å². The van der Waals surface area contributed by atoms with E-state index in [-0.39, 0.29) is 12.0 Å². The Hall–Kier alpha value is -1.55. The molecule has 0 spiro atoms. The molecule has 118 valence electrons. The SMILES string of the molecule is CCNC(C)(COc1ccc(C)cc1C(C)(C)C)C(=O)O. The number of carboxylic acids is 1. The minimum atomic E-state index is -1.09. The van der Waals surface area contributed by atoms with E-state index >= 15 is 0 Å². The maximum atomic E-state index is 11.4. The zero-order valence-corrected chi connectivity index (χ0v) is 13.9. The van der Waals surface area contributed by atoms with Gasteiger partial charge < -0.3 is 9.84 Å². The van der Waals surface area contributed by atoms with Gasteiger partial charge in [0.15, 0.2) is 0 Å². The summed E-state index contributed by atoms with van der Waals surface area (Å²) in [6, 6.07) is 6.00. The van der Waals surface area contributed by atoms with E-state index in [1.54, 1.807) is 6.92 Å². The number of nitrogens with one attached hydrogen (secondary N) is 1. The molecule has 0 saturated carbocycles. The Morgan fingerprint density at radius 2 is 1.90 bits per heavy atom. The lowest BCUT2D eigenvalue weighted by atomic mass is 9.85. The molecule has 0 heterocycles. The molecule has 1 rings (SSSR count). The predicted octanol–water partition coefficient (Wildman–Crippen LogP) is 3.12. The molecule has 0 fully saturated rings. The number of hydrogen-bond acceptors (Lipinski definition) is 3. The molecule has 4 heteroatoms. The van der Waals surface area contributed by atoms with Crippen LogP contribution in [0.1, 0.15) is 45.7 Å². The molecule has 4 nitrogen and oxygen atoms in total. The number of aryl methyl sites for hydroxylation is 1. The third-order valence-electron chi connectivity index (χ3n) is 3.50. The van der Waals surface area contributed by atoms with E-state index in [9.17, 15) is 9.90 Å². The summed E-state index contributed by atoms with van der Waals surface area (Å²) in [6.07, 6.45) is 0. The van der Waals surface area contributed by atoms with Gasteiger partial charge in [0.1, 0.15) is 17.9 Å². The molecule has 0 saturated heterocycles. The van der Waals surface area contributed by atoms with Gasteiger partial charge in [0.25, 0.3) is 0 Å². The van der Waals surface area contributed by atoms with Crippen molar-refractivity contribution in [3.63, 3.8) is 0 Å². The van der Waals surface area contributed by atoms with Crippen molar-refractivity contribution in [1.82, 2.24) is 5.32 Å². The van der Waals surface area contributed by atoms with Crippen LogP contribution in [0.25, 0.3) is 0 Å². The molecule has 0 aliphatic rings. The summed E-state index contributed by atoms with van der Waals surface area (Å²) in [5.74, 6) is -0.160. The van der Waals surface area contributed by atoms with E-state index in [0.29, 0.717) is 6.54 Å². The van der Waals surface area contributed by atoms with Gasteiger partial charge in [0, 0.05) is 0 Å². The topological polar surface area (TPSA) is 58.6 Å². The summed E-state index contributed by atoms with van der Waals surface area (Å²) < 4.78 is 5.85. The lowest BCUT2D eigenvalue weighted by Crippen LogP contribution is -2.53. The van der Waals surface area contributed by atoms with Crippen molar-refractivity contribution >= 4 is 5.97 Å². The number of ether oxygens (including phenoxy) is 1. The molecule has 0 aliphatic heterocycles. The smallest absolute Gasteiger partial charge is 0.327 e. The summed E-state index contributed by atoms with van der Waals surface area (Å²) in [5, 5.41) is 12.3. The lowest BCUT2D eigenvalue weighted by molar-refractivity contribution is -0.145. The van der Waals surface area contributed by atoms with Crippen LogP contribution in [0.2, 0.25) is 0 Å². The minimum absolute atomic E-state index is 0.0564. The predicted molar refractivity (Wildman–Crippen MR) is 85.1 cm³/mol. The van der Waals surface area contributed by atoms with Crippen LogP contribution >= 0.6 is 0 Å². The first-order chi connectivity index (χ1) is 9.60. The number of rotatable bonds is 6. The Bertz CT molecular complexity index is 505. The summed E-state index contributed by atoms with van der Waals surface area (Å²) in [7, 11) is 0. The molecule has 0 aromatic heterocycles. The molecular formula is C17H27NO3. The van der Waals surface area contributed by atoms with Crippen LogP contribution in [0, 0.1) is 6.92 Å². The first kappa shape index (κ1) is 17.5. The van der Waals surface area contributed by atoms with Crippen molar-refractivity contribution in [1.29, 1.82) is 0 Å². The summed E-state index contributed by atoms with van der Waals surface area (Å²) >= 11 is 0. The molecule has 1 aromatic rings. The largest absolute Gasteiger partial charge is 0.491 e. The molecule has 0 aliphatic carbocycles. The van der Waals surface area contributed by atoms with Gasteiger partial charge in [-0.05, 0) is 37.4 Å². The highest BCUT2D eigenvalue weighted by Crippen LogP contribution is 2.32. The molecule has 2 N–H and O–H groups in total. The first-order valence-electron chi connectivity index (χ1n) is 7.32. The Morgan fingerprint density at radius 3 is 2.38 bits per heavy atom. The molecule has 1 aromatic carbocycles. The molecular weight excluding hydrogens is 266 g/mol. The van der Waals surface area contributed by atoms with Crippen molar-refractivity contribution in [2.75, 3.05) is 13.2 Å². The molecule has 0 amide bonds. The lowest BCUT2D eigenvalue weighted by Gasteiger charge is -2.28. The number of benzene rings is 1. The monoisotopic (exact) mass is 293 g/mol. The molecule has 1 unspecified atom stereocenters. The highest BCUT2D eigenvalue weighted by atomic mass is 16.5. The Labute approximate surface area is 127 Å². The number of carbonyl (C=O) groups is 1. The molecule has 0 bridgehead atoms. The third-order valence-corrected chi connectivity index (χ3v) is 3.50. The van der Waals surface area contributed by atoms with Crippen LogP contribution in [0.4, 0.5) is 0 Å². The van der Waals surface area contributed by atoms with Gasteiger partial charge in [-0.1, -0.05) is 45.4 Å². The van der Waals surface area contributed by atoms with Crippen LogP contribution in [0.5, 0.6) is 5.75 Å². The fraction of sp³-hybridized carbons (Fsp3) is 0.588. The second-order valence-electron chi connectivity index (χ2n) is 6.71. The van der Waals surface area contributed by atoms with E-state index in [0.717, 1.165) is 11.3 Å². The third kappa shape index (κ3) is 4.46. The van der Waals surface area contributed by atoms with E-state index in [1.807, 2.05) is 26.0 Å². The Morgan fingerprint density at radius 1 is 1.29 bits per heavy atom. The zero-order chi connectivity index (χ0) is 16.3. The second-order valence-corrected chi connectivity index (χ2v) is 6.71. The number of aliphatic carboxylic acids is 1. The zero-order valence-electron chi connectivity index (χ0n) is 13.9. The summed E-state index contributed by atoms with van der Waals surface area (Å²) in [6.45, 7) is 12.6. The maximum absolute atomic E-state index is 11.4. The van der Waals surface area contributed by atoms with Gasteiger partial charge >= 0.3 is 5.97 Å².